The minimum absolute atomic E-state index is 0.602. The Morgan fingerprint density at radius 3 is 1.94 bits per heavy atom. The lowest BCUT2D eigenvalue weighted by Gasteiger charge is -2.12. The molecule has 5 nitrogen and oxygen atoms in total. The molecule has 0 aliphatic heterocycles. The summed E-state index contributed by atoms with van der Waals surface area (Å²) in [7, 11) is 0. The fourth-order valence-corrected chi connectivity index (χ4v) is 7.00. The van der Waals surface area contributed by atoms with Gasteiger partial charge in [-0.1, -0.05) is 103 Å². The summed E-state index contributed by atoms with van der Waals surface area (Å²) in [4.78, 5) is 15.4. The van der Waals surface area contributed by atoms with Crippen LogP contribution in [0.15, 0.2) is 142 Å². The molecule has 0 bridgehead atoms. The molecule has 0 spiro atoms. The lowest BCUT2D eigenvalue weighted by atomic mass is 9.96. The van der Waals surface area contributed by atoms with Gasteiger partial charge in [0.2, 0.25) is 0 Å². The van der Waals surface area contributed by atoms with E-state index >= 15 is 0 Å². The Balaban J connectivity index is 1.24. The first-order chi connectivity index (χ1) is 23.2. The highest BCUT2D eigenvalue weighted by atomic mass is 16.3. The van der Waals surface area contributed by atoms with Gasteiger partial charge in [-0.2, -0.15) is 0 Å². The molecule has 10 aromatic rings. The first-order valence-corrected chi connectivity index (χ1v) is 15.7. The lowest BCUT2D eigenvalue weighted by molar-refractivity contribution is 0.669. The second kappa shape index (κ2) is 9.83. The maximum Gasteiger partial charge on any atom is 0.164 e. The fourth-order valence-electron chi connectivity index (χ4n) is 7.00. The van der Waals surface area contributed by atoms with Crippen molar-refractivity contribution in [2.24, 2.45) is 0 Å². The van der Waals surface area contributed by atoms with Gasteiger partial charge in [0, 0.05) is 38.2 Å². The van der Waals surface area contributed by atoms with E-state index in [-0.39, 0.29) is 0 Å². The number of nitrogens with zero attached hydrogens (tertiary/aromatic N) is 3. The summed E-state index contributed by atoms with van der Waals surface area (Å²) >= 11 is 0. The molecule has 3 heterocycles. The second-order valence-corrected chi connectivity index (χ2v) is 12.1. The molecule has 7 aromatic carbocycles. The van der Waals surface area contributed by atoms with E-state index < -0.39 is 0 Å². The molecular formula is C42H25N3O2. The Bertz CT molecular complexity index is 2880. The molecule has 0 saturated heterocycles. The molecule has 0 atom stereocenters. The largest absolute Gasteiger partial charge is 0.456 e. The van der Waals surface area contributed by atoms with Gasteiger partial charge in [0.05, 0.1) is 0 Å². The van der Waals surface area contributed by atoms with E-state index in [0.717, 1.165) is 87.7 Å². The number of fused-ring (bicyclic) bond motifs is 9. The Hall–Kier alpha value is -6.33. The second-order valence-electron chi connectivity index (χ2n) is 12.1. The summed E-state index contributed by atoms with van der Waals surface area (Å²) in [6.07, 6.45) is 0. The van der Waals surface area contributed by atoms with Crippen LogP contribution in [0.5, 0.6) is 0 Å². The van der Waals surface area contributed by atoms with Crippen LogP contribution in [0.2, 0.25) is 0 Å². The molecule has 0 aliphatic carbocycles. The van der Waals surface area contributed by atoms with Crippen molar-refractivity contribution < 1.29 is 8.83 Å². The SMILES string of the molecule is Cc1cccc(-c2nc(-c3cccc4c3ccc3cc5c(cc34)oc3ccccc35)nc(-c3cccc4oc5ccccc5c34)n2)c1. The highest BCUT2D eigenvalue weighted by molar-refractivity contribution is 6.18. The standard InChI is InChI=1S/C42H25N3O2/c1-24-9-6-10-26(21-24)40-43-41(45-42(44-40)32-15-8-18-37-39(32)31-12-3-5-17-36(31)46-37)30-14-7-13-27-28(30)20-19-25-22-34-29-11-2-4-16-35(29)47-38(34)23-33(25)27/h2-23H,1H3. The molecule has 10 rings (SSSR count). The minimum atomic E-state index is 0.602. The molecule has 5 heteroatoms. The van der Waals surface area contributed by atoms with Crippen LogP contribution in [0, 0.1) is 6.92 Å². The number of hydrogen-bond acceptors (Lipinski definition) is 5. The van der Waals surface area contributed by atoms with Crippen LogP contribution < -0.4 is 0 Å². The average Bonchev–Trinajstić information content (AvgIpc) is 3.68. The minimum Gasteiger partial charge on any atom is -0.456 e. The Kier molecular flexibility index (Phi) is 5.43. The number of para-hydroxylation sites is 2. The number of aryl methyl sites for hydroxylation is 1. The van der Waals surface area contributed by atoms with Gasteiger partial charge in [-0.3, -0.25) is 0 Å². The molecular weight excluding hydrogens is 578 g/mol. The fraction of sp³-hybridized carbons (Fsp3) is 0.0238. The van der Waals surface area contributed by atoms with Crippen molar-refractivity contribution in [3.8, 4) is 34.2 Å². The maximum absolute atomic E-state index is 6.28. The molecule has 0 amide bonds. The van der Waals surface area contributed by atoms with Crippen molar-refractivity contribution in [2.75, 3.05) is 0 Å². The van der Waals surface area contributed by atoms with E-state index in [1.165, 1.54) is 0 Å². The van der Waals surface area contributed by atoms with Gasteiger partial charge < -0.3 is 8.83 Å². The number of rotatable bonds is 3. The van der Waals surface area contributed by atoms with Gasteiger partial charge in [0.25, 0.3) is 0 Å². The molecule has 220 valence electrons. The third-order valence-corrected chi connectivity index (χ3v) is 9.17. The van der Waals surface area contributed by atoms with Crippen LogP contribution in [0.1, 0.15) is 5.56 Å². The Morgan fingerprint density at radius 1 is 0.404 bits per heavy atom. The first-order valence-electron chi connectivity index (χ1n) is 15.7. The van der Waals surface area contributed by atoms with Crippen molar-refractivity contribution in [3.05, 3.63) is 139 Å². The Morgan fingerprint density at radius 2 is 1.06 bits per heavy atom. The normalized spacial score (nSPS) is 11.9. The van der Waals surface area contributed by atoms with E-state index in [1.54, 1.807) is 0 Å². The summed E-state index contributed by atoms with van der Waals surface area (Å²) in [5.74, 6) is 1.84. The number of benzene rings is 7. The zero-order valence-electron chi connectivity index (χ0n) is 25.4. The smallest absolute Gasteiger partial charge is 0.164 e. The van der Waals surface area contributed by atoms with Crippen LogP contribution in [0.3, 0.4) is 0 Å². The highest BCUT2D eigenvalue weighted by Crippen LogP contribution is 2.39. The van der Waals surface area contributed by atoms with Crippen molar-refractivity contribution in [1.29, 1.82) is 0 Å². The third kappa shape index (κ3) is 4.00. The average molecular weight is 604 g/mol. The molecule has 0 aliphatic rings. The zero-order valence-corrected chi connectivity index (χ0v) is 25.4. The number of hydrogen-bond donors (Lipinski definition) is 0. The van der Waals surface area contributed by atoms with E-state index in [4.69, 9.17) is 23.8 Å². The Labute approximate surface area is 268 Å². The van der Waals surface area contributed by atoms with E-state index in [2.05, 4.69) is 91.9 Å². The van der Waals surface area contributed by atoms with Gasteiger partial charge in [-0.25, -0.2) is 15.0 Å². The number of furan rings is 2. The summed E-state index contributed by atoms with van der Waals surface area (Å²) in [6.45, 7) is 2.08. The third-order valence-electron chi connectivity index (χ3n) is 9.17. The molecule has 0 radical (unpaired) electrons. The van der Waals surface area contributed by atoms with Gasteiger partial charge in [-0.05, 0) is 64.9 Å². The number of aromatic nitrogens is 3. The van der Waals surface area contributed by atoms with Crippen LogP contribution in [-0.2, 0) is 0 Å². The summed E-state index contributed by atoms with van der Waals surface area (Å²) < 4.78 is 12.5. The van der Waals surface area contributed by atoms with Crippen LogP contribution in [0.4, 0.5) is 0 Å². The lowest BCUT2D eigenvalue weighted by Crippen LogP contribution is -2.01. The van der Waals surface area contributed by atoms with Crippen molar-refractivity contribution in [3.63, 3.8) is 0 Å². The molecule has 0 fully saturated rings. The highest BCUT2D eigenvalue weighted by Gasteiger charge is 2.19. The van der Waals surface area contributed by atoms with Gasteiger partial charge in [-0.15, -0.1) is 0 Å². The molecule has 0 unspecified atom stereocenters. The van der Waals surface area contributed by atoms with Crippen LogP contribution in [-0.4, -0.2) is 15.0 Å². The van der Waals surface area contributed by atoms with Gasteiger partial charge >= 0.3 is 0 Å². The van der Waals surface area contributed by atoms with Gasteiger partial charge in [0.15, 0.2) is 17.5 Å². The monoisotopic (exact) mass is 603 g/mol. The maximum atomic E-state index is 6.28. The van der Waals surface area contributed by atoms with Crippen molar-refractivity contribution in [2.45, 2.75) is 6.92 Å². The first kappa shape index (κ1) is 25.9. The predicted octanol–water partition coefficient (Wildman–Crippen LogP) is 11.3. The van der Waals surface area contributed by atoms with Crippen LogP contribution in [0.25, 0.3) is 99.6 Å². The van der Waals surface area contributed by atoms with Crippen molar-refractivity contribution in [1.82, 2.24) is 15.0 Å². The topological polar surface area (TPSA) is 65.0 Å². The summed E-state index contributed by atoms with van der Waals surface area (Å²) in [6, 6.07) is 45.8. The molecule has 3 aromatic heterocycles. The summed E-state index contributed by atoms with van der Waals surface area (Å²) in [5, 5.41) is 8.73. The van der Waals surface area contributed by atoms with Crippen molar-refractivity contribution >= 4 is 65.4 Å². The zero-order chi connectivity index (χ0) is 31.1. The van der Waals surface area contributed by atoms with E-state index in [0.29, 0.717) is 17.5 Å². The van der Waals surface area contributed by atoms with E-state index in [9.17, 15) is 0 Å². The molecule has 0 saturated carbocycles. The summed E-state index contributed by atoms with van der Waals surface area (Å²) in [5.41, 5.74) is 7.34. The van der Waals surface area contributed by atoms with E-state index in [1.807, 2.05) is 48.5 Å². The van der Waals surface area contributed by atoms with Crippen LogP contribution >= 0.6 is 0 Å². The molecule has 0 N–H and O–H groups in total. The quantitative estimate of drug-likeness (QED) is 0.188. The van der Waals surface area contributed by atoms with Gasteiger partial charge in [0.1, 0.15) is 22.3 Å². The molecule has 47 heavy (non-hydrogen) atoms. The predicted molar refractivity (Wildman–Crippen MR) is 190 cm³/mol.